The maximum atomic E-state index is 6.01. The Labute approximate surface area is 128 Å². The van der Waals surface area contributed by atoms with Gasteiger partial charge in [0.25, 0.3) is 0 Å². The van der Waals surface area contributed by atoms with E-state index < -0.39 is 0 Å². The summed E-state index contributed by atoms with van der Waals surface area (Å²) in [4.78, 5) is 4.53. The molecule has 0 amide bonds. The van der Waals surface area contributed by atoms with E-state index in [0.717, 1.165) is 28.0 Å². The molecule has 0 radical (unpaired) electrons. The Morgan fingerprint density at radius 1 is 1.20 bits per heavy atom. The third kappa shape index (κ3) is 3.38. The summed E-state index contributed by atoms with van der Waals surface area (Å²) in [5.74, 6) is 1.45. The van der Waals surface area contributed by atoms with Crippen molar-refractivity contribution in [1.82, 2.24) is 10.3 Å². The maximum Gasteiger partial charge on any atom is 0.224 e. The molecule has 1 aromatic heterocycles. The van der Waals surface area contributed by atoms with Gasteiger partial charge in [-0.1, -0.05) is 6.07 Å². The minimum Gasteiger partial charge on any atom is -0.437 e. The van der Waals surface area contributed by atoms with Gasteiger partial charge in [0.05, 0.1) is 4.47 Å². The zero-order valence-corrected chi connectivity index (χ0v) is 13.8. The Bertz CT molecular complexity index is 626. The molecule has 0 saturated heterocycles. The molecule has 3 nitrogen and oxygen atoms in total. The normalized spacial score (nSPS) is 10.7. The highest BCUT2D eigenvalue weighted by Crippen LogP contribution is 2.32. The van der Waals surface area contributed by atoms with Crippen LogP contribution in [0.2, 0.25) is 0 Å². The van der Waals surface area contributed by atoms with Gasteiger partial charge in [-0.15, -0.1) is 0 Å². The molecule has 0 saturated carbocycles. The molecule has 0 aliphatic heterocycles. The summed E-state index contributed by atoms with van der Waals surface area (Å²) in [5.41, 5.74) is 4.42. The highest BCUT2D eigenvalue weighted by molar-refractivity contribution is 9.10. The fourth-order valence-corrected chi connectivity index (χ4v) is 2.67. The van der Waals surface area contributed by atoms with Crippen molar-refractivity contribution in [3.8, 4) is 11.6 Å². The molecular formula is C16H19BrN2O. The molecule has 1 heterocycles. The first-order valence-corrected chi connectivity index (χ1v) is 7.36. The highest BCUT2D eigenvalue weighted by Gasteiger charge is 2.12. The van der Waals surface area contributed by atoms with Crippen LogP contribution in [-0.2, 0) is 6.54 Å². The standard InChI is InChI=1S/C16H19BrN2O/c1-10-5-6-15(14(17)7-10)20-16-13(9-18-4)11(2)8-12(3)19-16/h5-8,18H,9H2,1-4H3. The van der Waals surface area contributed by atoms with Crippen LogP contribution in [0.5, 0.6) is 11.6 Å². The molecule has 0 bridgehead atoms. The lowest BCUT2D eigenvalue weighted by molar-refractivity contribution is 0.449. The van der Waals surface area contributed by atoms with E-state index >= 15 is 0 Å². The largest absolute Gasteiger partial charge is 0.437 e. The van der Waals surface area contributed by atoms with Crippen LogP contribution in [0.3, 0.4) is 0 Å². The minimum atomic E-state index is 0.668. The van der Waals surface area contributed by atoms with Crippen molar-refractivity contribution >= 4 is 15.9 Å². The summed E-state index contributed by atoms with van der Waals surface area (Å²) in [6, 6.07) is 8.10. The molecule has 0 spiro atoms. The maximum absolute atomic E-state index is 6.01. The van der Waals surface area contributed by atoms with E-state index in [2.05, 4.69) is 46.1 Å². The Balaban J connectivity index is 2.41. The Kier molecular flexibility index (Phi) is 4.78. The Morgan fingerprint density at radius 2 is 1.95 bits per heavy atom. The minimum absolute atomic E-state index is 0.668. The third-order valence-corrected chi connectivity index (χ3v) is 3.70. The van der Waals surface area contributed by atoms with E-state index in [1.54, 1.807) is 0 Å². The number of hydrogen-bond acceptors (Lipinski definition) is 3. The van der Waals surface area contributed by atoms with Crippen molar-refractivity contribution in [3.05, 3.63) is 51.1 Å². The number of rotatable bonds is 4. The van der Waals surface area contributed by atoms with E-state index in [0.29, 0.717) is 5.88 Å². The van der Waals surface area contributed by atoms with Crippen molar-refractivity contribution in [1.29, 1.82) is 0 Å². The number of nitrogens with zero attached hydrogens (tertiary/aromatic N) is 1. The SMILES string of the molecule is CNCc1c(C)cc(C)nc1Oc1ccc(C)cc1Br. The summed E-state index contributed by atoms with van der Waals surface area (Å²) in [5, 5.41) is 3.16. The molecule has 106 valence electrons. The monoisotopic (exact) mass is 334 g/mol. The number of aryl methyl sites for hydroxylation is 3. The van der Waals surface area contributed by atoms with Crippen LogP contribution < -0.4 is 10.1 Å². The molecule has 20 heavy (non-hydrogen) atoms. The average Bonchev–Trinajstić information content (AvgIpc) is 2.37. The smallest absolute Gasteiger partial charge is 0.224 e. The molecule has 1 aromatic carbocycles. The Morgan fingerprint density at radius 3 is 2.60 bits per heavy atom. The summed E-state index contributed by atoms with van der Waals surface area (Å²) in [6.45, 7) is 6.85. The van der Waals surface area contributed by atoms with E-state index in [-0.39, 0.29) is 0 Å². The van der Waals surface area contributed by atoms with Crippen molar-refractivity contribution in [3.63, 3.8) is 0 Å². The topological polar surface area (TPSA) is 34.2 Å². The van der Waals surface area contributed by atoms with Gasteiger partial charge in [0.1, 0.15) is 5.75 Å². The molecular weight excluding hydrogens is 316 g/mol. The van der Waals surface area contributed by atoms with E-state index in [1.807, 2.05) is 32.2 Å². The second-order valence-electron chi connectivity index (χ2n) is 4.93. The van der Waals surface area contributed by atoms with Crippen LogP contribution >= 0.6 is 15.9 Å². The number of ether oxygens (including phenoxy) is 1. The molecule has 0 aliphatic rings. The summed E-state index contributed by atoms with van der Waals surface area (Å²) >= 11 is 3.54. The number of nitrogens with one attached hydrogen (secondary N) is 1. The predicted octanol–water partition coefficient (Wildman–Crippen LogP) is 4.28. The fraction of sp³-hybridized carbons (Fsp3) is 0.312. The van der Waals surface area contributed by atoms with Crippen molar-refractivity contribution < 1.29 is 4.74 Å². The molecule has 0 atom stereocenters. The number of pyridine rings is 1. The van der Waals surface area contributed by atoms with Crippen LogP contribution in [0, 0.1) is 20.8 Å². The Hall–Kier alpha value is -1.39. The number of aromatic nitrogens is 1. The van der Waals surface area contributed by atoms with Crippen LogP contribution in [0.1, 0.15) is 22.4 Å². The molecule has 1 N–H and O–H groups in total. The van der Waals surface area contributed by atoms with Gasteiger partial charge in [-0.2, -0.15) is 0 Å². The van der Waals surface area contributed by atoms with Crippen LogP contribution in [0.15, 0.2) is 28.7 Å². The molecule has 0 unspecified atom stereocenters. The lowest BCUT2D eigenvalue weighted by Gasteiger charge is -2.14. The number of halogens is 1. The summed E-state index contributed by atoms with van der Waals surface area (Å²) in [7, 11) is 1.92. The van der Waals surface area contributed by atoms with Gasteiger partial charge < -0.3 is 10.1 Å². The summed E-state index contributed by atoms with van der Waals surface area (Å²) < 4.78 is 6.95. The zero-order chi connectivity index (χ0) is 14.7. The fourth-order valence-electron chi connectivity index (χ4n) is 2.10. The first-order chi connectivity index (χ1) is 9.51. The molecule has 2 aromatic rings. The van der Waals surface area contributed by atoms with Crippen molar-refractivity contribution in [2.75, 3.05) is 7.05 Å². The number of benzene rings is 1. The zero-order valence-electron chi connectivity index (χ0n) is 12.2. The predicted molar refractivity (Wildman–Crippen MR) is 85.4 cm³/mol. The third-order valence-electron chi connectivity index (χ3n) is 3.09. The van der Waals surface area contributed by atoms with Gasteiger partial charge in [-0.05, 0) is 73.1 Å². The van der Waals surface area contributed by atoms with E-state index in [4.69, 9.17) is 4.74 Å². The average molecular weight is 335 g/mol. The van der Waals surface area contributed by atoms with Crippen LogP contribution in [0.25, 0.3) is 0 Å². The lowest BCUT2D eigenvalue weighted by Crippen LogP contribution is -2.09. The lowest BCUT2D eigenvalue weighted by atomic mass is 10.1. The van der Waals surface area contributed by atoms with Gasteiger partial charge in [0.15, 0.2) is 0 Å². The van der Waals surface area contributed by atoms with Gasteiger partial charge in [0.2, 0.25) is 5.88 Å². The number of hydrogen-bond donors (Lipinski definition) is 1. The summed E-state index contributed by atoms with van der Waals surface area (Å²) in [6.07, 6.45) is 0. The highest BCUT2D eigenvalue weighted by atomic mass is 79.9. The van der Waals surface area contributed by atoms with Crippen LogP contribution in [0.4, 0.5) is 0 Å². The van der Waals surface area contributed by atoms with Gasteiger partial charge >= 0.3 is 0 Å². The van der Waals surface area contributed by atoms with Gasteiger partial charge in [-0.3, -0.25) is 0 Å². The van der Waals surface area contributed by atoms with Gasteiger partial charge in [0, 0.05) is 17.8 Å². The first-order valence-electron chi connectivity index (χ1n) is 6.57. The molecule has 0 aliphatic carbocycles. The van der Waals surface area contributed by atoms with Gasteiger partial charge in [-0.25, -0.2) is 4.98 Å². The molecule has 2 rings (SSSR count). The van der Waals surface area contributed by atoms with Crippen molar-refractivity contribution in [2.45, 2.75) is 27.3 Å². The molecule has 4 heteroatoms. The van der Waals surface area contributed by atoms with E-state index in [1.165, 1.54) is 11.1 Å². The second kappa shape index (κ2) is 6.37. The van der Waals surface area contributed by atoms with Crippen LogP contribution in [-0.4, -0.2) is 12.0 Å². The first kappa shape index (κ1) is 15.0. The van der Waals surface area contributed by atoms with E-state index in [9.17, 15) is 0 Å². The second-order valence-corrected chi connectivity index (χ2v) is 5.78. The quantitative estimate of drug-likeness (QED) is 0.905. The van der Waals surface area contributed by atoms with Crippen molar-refractivity contribution in [2.24, 2.45) is 0 Å². The molecule has 0 fully saturated rings.